The highest BCUT2D eigenvalue weighted by Gasteiger charge is 2.76. The Labute approximate surface area is 156 Å². The van der Waals surface area contributed by atoms with E-state index in [1.807, 2.05) is 43.3 Å². The average Bonchev–Trinajstić information content (AvgIpc) is 2.86. The van der Waals surface area contributed by atoms with Crippen molar-refractivity contribution in [2.45, 2.75) is 38.4 Å². The van der Waals surface area contributed by atoms with Crippen LogP contribution < -0.4 is 5.32 Å². The lowest BCUT2D eigenvalue weighted by Crippen LogP contribution is -2.47. The molecule has 4 rings (SSSR count). The van der Waals surface area contributed by atoms with E-state index in [2.05, 4.69) is 41.2 Å². The number of hydrogen-bond donors (Lipinski definition) is 1. The summed E-state index contributed by atoms with van der Waals surface area (Å²) in [7, 11) is 0. The van der Waals surface area contributed by atoms with Gasteiger partial charge in [-0.15, -0.1) is 0 Å². The summed E-state index contributed by atoms with van der Waals surface area (Å²) in [5, 5.41) is 5.33. The number of carbonyl (C=O) groups excluding carboxylic acids is 2. The van der Waals surface area contributed by atoms with Crippen LogP contribution in [0.25, 0.3) is 10.8 Å². The third kappa shape index (κ3) is 1.92. The first-order valence-corrected chi connectivity index (χ1v) is 9.64. The van der Waals surface area contributed by atoms with E-state index in [1.165, 1.54) is 0 Å². The molecule has 2 fully saturated rings. The minimum atomic E-state index is -0.704. The van der Waals surface area contributed by atoms with Crippen LogP contribution in [0.15, 0.2) is 42.5 Å². The van der Waals surface area contributed by atoms with Crippen molar-refractivity contribution in [3.05, 3.63) is 42.5 Å². The summed E-state index contributed by atoms with van der Waals surface area (Å²) in [6, 6.07) is 14.0. The molecule has 0 spiro atoms. The molecule has 1 N–H and O–H groups in total. The van der Waals surface area contributed by atoms with E-state index in [-0.39, 0.29) is 17.1 Å². The van der Waals surface area contributed by atoms with Gasteiger partial charge in [-0.1, -0.05) is 67.0 Å². The first-order valence-electron chi connectivity index (χ1n) is 8.73. The highest BCUT2D eigenvalue weighted by atomic mass is 79.9. The molecule has 2 bridgehead atoms. The highest BCUT2D eigenvalue weighted by Crippen LogP contribution is 2.72. The number of alkyl halides is 1. The molecular formula is C21H22BrNO2. The maximum Gasteiger partial charge on any atom is 0.232 e. The first kappa shape index (κ1) is 16.8. The van der Waals surface area contributed by atoms with E-state index in [0.29, 0.717) is 0 Å². The van der Waals surface area contributed by atoms with Gasteiger partial charge in [-0.05, 0) is 41.2 Å². The maximum absolute atomic E-state index is 13.4. The molecule has 2 aromatic carbocycles. The van der Waals surface area contributed by atoms with Gasteiger partial charge in [-0.3, -0.25) is 9.59 Å². The Bertz CT molecular complexity index is 906. The molecule has 0 aliphatic heterocycles. The SMILES string of the molecule is CC12CCC(C(=O)Nc3ccc4ccccc4c3)(C(Br)C1=O)C2(C)C. The molecule has 4 heteroatoms. The lowest BCUT2D eigenvalue weighted by atomic mass is 9.64. The van der Waals surface area contributed by atoms with E-state index in [1.54, 1.807) is 0 Å². The van der Waals surface area contributed by atoms with Gasteiger partial charge in [0.2, 0.25) is 5.91 Å². The van der Waals surface area contributed by atoms with Crippen LogP contribution in [0.3, 0.4) is 0 Å². The van der Waals surface area contributed by atoms with E-state index in [0.717, 1.165) is 29.3 Å². The summed E-state index contributed by atoms with van der Waals surface area (Å²) in [6.45, 7) is 6.15. The quantitative estimate of drug-likeness (QED) is 0.726. The van der Waals surface area contributed by atoms with Crippen LogP contribution in [0, 0.1) is 16.2 Å². The highest BCUT2D eigenvalue weighted by molar-refractivity contribution is 9.10. The monoisotopic (exact) mass is 399 g/mol. The predicted octanol–water partition coefficient (Wildman–Crippen LogP) is 4.94. The van der Waals surface area contributed by atoms with Gasteiger partial charge in [0, 0.05) is 11.1 Å². The third-order valence-electron chi connectivity index (χ3n) is 7.13. The zero-order valence-electron chi connectivity index (χ0n) is 14.7. The van der Waals surface area contributed by atoms with Gasteiger partial charge < -0.3 is 5.32 Å². The molecule has 130 valence electrons. The van der Waals surface area contributed by atoms with Gasteiger partial charge in [-0.25, -0.2) is 0 Å². The van der Waals surface area contributed by atoms with E-state index in [4.69, 9.17) is 0 Å². The number of anilines is 1. The van der Waals surface area contributed by atoms with Crippen molar-refractivity contribution in [3.8, 4) is 0 Å². The second-order valence-corrected chi connectivity index (χ2v) is 9.09. The fourth-order valence-electron chi connectivity index (χ4n) is 4.96. The second kappa shape index (κ2) is 5.16. The Kier molecular flexibility index (Phi) is 3.46. The molecule has 0 heterocycles. The van der Waals surface area contributed by atoms with Crippen molar-refractivity contribution < 1.29 is 9.59 Å². The number of Topliss-reactive ketones (excluding diaryl/α,β-unsaturated/α-hetero) is 1. The summed E-state index contributed by atoms with van der Waals surface area (Å²) in [6.07, 6.45) is 1.50. The molecule has 3 nitrogen and oxygen atoms in total. The second-order valence-electron chi connectivity index (χ2n) is 8.17. The molecule has 0 radical (unpaired) electrons. The number of hydrogen-bond acceptors (Lipinski definition) is 2. The predicted molar refractivity (Wildman–Crippen MR) is 104 cm³/mol. The fraction of sp³-hybridized carbons (Fsp3) is 0.429. The number of amides is 1. The molecule has 0 aromatic heterocycles. The summed E-state index contributed by atoms with van der Waals surface area (Å²) in [5.74, 6) is 0.113. The van der Waals surface area contributed by atoms with Gasteiger partial charge in [0.15, 0.2) is 5.78 Å². The average molecular weight is 400 g/mol. The van der Waals surface area contributed by atoms with Crippen LogP contribution in [0.4, 0.5) is 5.69 Å². The Morgan fingerprint density at radius 3 is 2.40 bits per heavy atom. The minimum absolute atomic E-state index is 0.0516. The molecule has 3 atom stereocenters. The van der Waals surface area contributed by atoms with Crippen molar-refractivity contribution in [2.75, 3.05) is 5.32 Å². The Balaban J connectivity index is 1.71. The molecule has 2 saturated carbocycles. The van der Waals surface area contributed by atoms with Gasteiger partial charge in [0.25, 0.3) is 0 Å². The number of fused-ring (bicyclic) bond motifs is 3. The van der Waals surface area contributed by atoms with Gasteiger partial charge in [-0.2, -0.15) is 0 Å². The number of benzene rings is 2. The zero-order chi connectivity index (χ0) is 18.0. The number of halogens is 1. The van der Waals surface area contributed by atoms with Crippen LogP contribution in [0.5, 0.6) is 0 Å². The summed E-state index contributed by atoms with van der Waals surface area (Å²) >= 11 is 3.57. The van der Waals surface area contributed by atoms with Crippen molar-refractivity contribution in [1.82, 2.24) is 0 Å². The number of rotatable bonds is 2. The largest absolute Gasteiger partial charge is 0.326 e. The van der Waals surface area contributed by atoms with Crippen molar-refractivity contribution in [3.63, 3.8) is 0 Å². The van der Waals surface area contributed by atoms with Crippen molar-refractivity contribution >= 4 is 44.1 Å². The first-order chi connectivity index (χ1) is 11.7. The van der Waals surface area contributed by atoms with Crippen molar-refractivity contribution in [2.24, 2.45) is 16.2 Å². The molecule has 2 aromatic rings. The topological polar surface area (TPSA) is 46.2 Å². The van der Waals surface area contributed by atoms with Crippen LogP contribution >= 0.6 is 15.9 Å². The van der Waals surface area contributed by atoms with E-state index in [9.17, 15) is 9.59 Å². The summed E-state index contributed by atoms with van der Waals surface area (Å²) in [5.41, 5.74) is -0.750. The third-order valence-corrected chi connectivity index (χ3v) is 8.33. The Hall–Kier alpha value is -1.68. The number of nitrogens with one attached hydrogen (secondary N) is 1. The molecule has 1 amide bonds. The standard InChI is InChI=1S/C21H22BrNO2/c1-19(2)20(3)10-11-21(19,16(22)17(20)24)18(25)23-15-9-8-13-6-4-5-7-14(13)12-15/h4-9,12,16H,10-11H2,1-3H3,(H,23,25). The molecule has 0 saturated heterocycles. The maximum atomic E-state index is 13.4. The van der Waals surface area contributed by atoms with Crippen LogP contribution in [0.2, 0.25) is 0 Å². The molecular weight excluding hydrogens is 378 g/mol. The number of ketones is 1. The Morgan fingerprint density at radius 2 is 1.76 bits per heavy atom. The number of carbonyl (C=O) groups is 2. The molecule has 2 aliphatic rings. The van der Waals surface area contributed by atoms with Crippen LogP contribution in [0.1, 0.15) is 33.6 Å². The minimum Gasteiger partial charge on any atom is -0.326 e. The van der Waals surface area contributed by atoms with Gasteiger partial charge in [0.05, 0.1) is 10.2 Å². The van der Waals surface area contributed by atoms with Gasteiger partial charge in [0.1, 0.15) is 0 Å². The van der Waals surface area contributed by atoms with Crippen LogP contribution in [-0.2, 0) is 9.59 Å². The summed E-state index contributed by atoms with van der Waals surface area (Å²) in [4.78, 5) is 25.7. The zero-order valence-corrected chi connectivity index (χ0v) is 16.3. The lowest BCUT2D eigenvalue weighted by molar-refractivity contribution is -0.130. The Morgan fingerprint density at radius 1 is 1.08 bits per heavy atom. The van der Waals surface area contributed by atoms with Gasteiger partial charge >= 0.3 is 0 Å². The molecule has 25 heavy (non-hydrogen) atoms. The lowest BCUT2D eigenvalue weighted by Gasteiger charge is -2.39. The summed E-state index contributed by atoms with van der Waals surface area (Å²) < 4.78 is 0. The molecule has 2 aliphatic carbocycles. The van der Waals surface area contributed by atoms with E-state index < -0.39 is 15.7 Å². The van der Waals surface area contributed by atoms with E-state index >= 15 is 0 Å². The molecule has 3 unspecified atom stereocenters. The van der Waals surface area contributed by atoms with Crippen molar-refractivity contribution in [1.29, 1.82) is 0 Å². The van der Waals surface area contributed by atoms with Crippen LogP contribution in [-0.4, -0.2) is 16.5 Å². The fourth-order valence-corrected chi connectivity index (χ4v) is 6.48. The normalized spacial score (nSPS) is 33.0. The smallest absolute Gasteiger partial charge is 0.232 e.